The Bertz CT molecular complexity index is 679. The molecule has 114 valence electrons. The standard InChI is InChI=1S/C12H12ClO7P/c1-4-16-11(14)12(2,3)17-7-5-6-8(13)10-9(7)19-21(15,18-6)20-10/h5H,4H2,1-3H3. The van der Waals surface area contributed by atoms with Gasteiger partial charge in [-0.3, -0.25) is 0 Å². The van der Waals surface area contributed by atoms with E-state index in [1.54, 1.807) is 20.8 Å². The van der Waals surface area contributed by atoms with Crippen LogP contribution in [0.3, 0.4) is 0 Å². The van der Waals surface area contributed by atoms with E-state index in [9.17, 15) is 9.36 Å². The zero-order valence-corrected chi connectivity index (χ0v) is 13.1. The summed E-state index contributed by atoms with van der Waals surface area (Å²) in [5, 5.41) is 0.148. The van der Waals surface area contributed by atoms with E-state index in [0.29, 0.717) is 0 Å². The third kappa shape index (κ3) is 2.21. The fraction of sp³-hybridized carbons (Fsp3) is 0.417. The van der Waals surface area contributed by atoms with Gasteiger partial charge in [-0.05, 0) is 20.8 Å². The van der Waals surface area contributed by atoms with Crippen molar-refractivity contribution in [3.63, 3.8) is 0 Å². The number of phosphoric acid groups is 1. The van der Waals surface area contributed by atoms with Gasteiger partial charge in [0.05, 0.1) is 6.61 Å². The molecule has 0 aliphatic carbocycles. The number of hydrogen-bond donors (Lipinski definition) is 0. The van der Waals surface area contributed by atoms with Crippen LogP contribution in [0.15, 0.2) is 6.07 Å². The molecule has 0 spiro atoms. The fourth-order valence-corrected chi connectivity index (χ4v) is 3.52. The van der Waals surface area contributed by atoms with E-state index in [4.69, 9.17) is 34.6 Å². The van der Waals surface area contributed by atoms with Crippen LogP contribution in [0.4, 0.5) is 0 Å². The highest BCUT2D eigenvalue weighted by molar-refractivity contribution is 7.50. The van der Waals surface area contributed by atoms with Crippen molar-refractivity contribution in [2.45, 2.75) is 26.4 Å². The maximum atomic E-state index is 12.0. The van der Waals surface area contributed by atoms with Gasteiger partial charge in [0.25, 0.3) is 0 Å². The van der Waals surface area contributed by atoms with Gasteiger partial charge in [0.15, 0.2) is 17.1 Å². The van der Waals surface area contributed by atoms with Crippen LogP contribution < -0.4 is 18.3 Å². The Hall–Kier alpha value is -1.59. The van der Waals surface area contributed by atoms with Gasteiger partial charge >= 0.3 is 13.8 Å². The first-order chi connectivity index (χ1) is 9.76. The number of halogens is 1. The van der Waals surface area contributed by atoms with Crippen molar-refractivity contribution in [1.29, 1.82) is 0 Å². The van der Waals surface area contributed by atoms with Crippen LogP contribution in [-0.2, 0) is 14.1 Å². The van der Waals surface area contributed by atoms with Gasteiger partial charge in [-0.1, -0.05) is 11.6 Å². The first-order valence-electron chi connectivity index (χ1n) is 6.17. The summed E-state index contributed by atoms with van der Waals surface area (Å²) in [5.74, 6) is -0.118. The molecule has 21 heavy (non-hydrogen) atoms. The Morgan fingerprint density at radius 2 is 2.00 bits per heavy atom. The minimum absolute atomic E-state index is 0.0574. The number of rotatable bonds is 4. The van der Waals surface area contributed by atoms with E-state index < -0.39 is 19.4 Å². The number of hydrogen-bond acceptors (Lipinski definition) is 7. The number of phosphoric ester groups is 1. The second-order valence-corrected chi connectivity index (χ2v) is 6.72. The minimum atomic E-state index is -3.71. The van der Waals surface area contributed by atoms with E-state index >= 15 is 0 Å². The van der Waals surface area contributed by atoms with Crippen molar-refractivity contribution >= 4 is 25.4 Å². The molecular weight excluding hydrogens is 323 g/mol. The second kappa shape index (κ2) is 4.45. The van der Waals surface area contributed by atoms with Crippen molar-refractivity contribution in [2.24, 2.45) is 0 Å². The zero-order chi connectivity index (χ0) is 15.4. The fourth-order valence-electron chi connectivity index (χ4n) is 1.90. The average Bonchev–Trinajstić information content (AvgIpc) is 2.61. The lowest BCUT2D eigenvalue weighted by atomic mass is 10.1. The third-order valence-corrected chi connectivity index (χ3v) is 4.45. The number of benzene rings is 1. The number of carbonyl (C=O) groups is 1. The summed E-state index contributed by atoms with van der Waals surface area (Å²) in [7, 11) is -3.71. The summed E-state index contributed by atoms with van der Waals surface area (Å²) in [4.78, 5) is 11.9. The molecule has 9 heteroatoms. The normalized spacial score (nSPS) is 21.3. The first-order valence-corrected chi connectivity index (χ1v) is 8.01. The van der Waals surface area contributed by atoms with Crippen LogP contribution in [0, 0.1) is 0 Å². The van der Waals surface area contributed by atoms with Crippen LogP contribution in [-0.4, -0.2) is 18.2 Å². The summed E-state index contributed by atoms with van der Waals surface area (Å²) in [6, 6.07) is 1.41. The maximum Gasteiger partial charge on any atom is 0.647 e. The molecule has 1 unspecified atom stereocenters. The number of carbonyl (C=O) groups excluding carboxylic acids is 1. The lowest BCUT2D eigenvalue weighted by molar-refractivity contribution is -0.158. The Balaban J connectivity index is 1.97. The maximum absolute atomic E-state index is 12.0. The molecule has 0 saturated carbocycles. The Kier molecular flexibility index (Phi) is 3.04. The molecule has 3 bridgehead atoms. The number of fused-ring (bicyclic) bond motifs is 2. The van der Waals surface area contributed by atoms with Crippen molar-refractivity contribution in [3.8, 4) is 23.0 Å². The molecule has 0 fully saturated rings. The van der Waals surface area contributed by atoms with Crippen molar-refractivity contribution in [1.82, 2.24) is 0 Å². The molecule has 1 aromatic carbocycles. The Labute approximate surface area is 125 Å². The molecule has 7 nitrogen and oxygen atoms in total. The van der Waals surface area contributed by atoms with E-state index in [0.717, 1.165) is 0 Å². The van der Waals surface area contributed by atoms with Crippen LogP contribution >= 0.6 is 19.4 Å². The third-order valence-electron chi connectivity index (χ3n) is 2.86. The zero-order valence-electron chi connectivity index (χ0n) is 11.5. The molecule has 0 N–H and O–H groups in total. The van der Waals surface area contributed by atoms with Gasteiger partial charge in [0, 0.05) is 6.07 Å². The molecule has 0 radical (unpaired) electrons. The average molecular weight is 335 g/mol. The minimum Gasteiger partial charge on any atom is -0.472 e. The summed E-state index contributed by atoms with van der Waals surface area (Å²) in [5.41, 5.74) is -1.27. The lowest BCUT2D eigenvalue weighted by Crippen LogP contribution is -2.39. The van der Waals surface area contributed by atoms with Crippen molar-refractivity contribution in [2.75, 3.05) is 6.61 Å². The van der Waals surface area contributed by atoms with E-state index in [2.05, 4.69) is 0 Å². The molecule has 2 heterocycles. The number of ether oxygens (including phenoxy) is 2. The summed E-state index contributed by atoms with van der Waals surface area (Å²) >= 11 is 6.00. The predicted octanol–water partition coefficient (Wildman–Crippen LogP) is 3.33. The smallest absolute Gasteiger partial charge is 0.472 e. The molecule has 3 rings (SSSR count). The molecule has 0 amide bonds. The largest absolute Gasteiger partial charge is 0.647 e. The quantitative estimate of drug-likeness (QED) is 0.617. The highest BCUT2D eigenvalue weighted by Crippen LogP contribution is 2.70. The summed E-state index contributed by atoms with van der Waals surface area (Å²) in [6.07, 6.45) is 0. The molecule has 1 atom stereocenters. The van der Waals surface area contributed by atoms with Gasteiger partial charge in [0.1, 0.15) is 5.02 Å². The highest BCUT2D eigenvalue weighted by Gasteiger charge is 2.51. The van der Waals surface area contributed by atoms with Crippen LogP contribution in [0.25, 0.3) is 0 Å². The Morgan fingerprint density at radius 1 is 1.33 bits per heavy atom. The molecule has 1 aromatic rings. The van der Waals surface area contributed by atoms with Crippen LogP contribution in [0.1, 0.15) is 20.8 Å². The number of esters is 1. The van der Waals surface area contributed by atoms with Crippen molar-refractivity contribution < 1.29 is 32.4 Å². The summed E-state index contributed by atoms with van der Waals surface area (Å²) < 4.78 is 37.8. The van der Waals surface area contributed by atoms with E-state index in [1.807, 2.05) is 0 Å². The van der Waals surface area contributed by atoms with Gasteiger partial charge in [0.2, 0.25) is 11.5 Å². The van der Waals surface area contributed by atoms with Gasteiger partial charge < -0.3 is 23.0 Å². The van der Waals surface area contributed by atoms with Crippen LogP contribution in [0.5, 0.6) is 23.0 Å². The van der Waals surface area contributed by atoms with Gasteiger partial charge in [-0.15, -0.1) is 0 Å². The van der Waals surface area contributed by atoms with Gasteiger partial charge in [-0.25, -0.2) is 4.79 Å². The monoisotopic (exact) mass is 334 g/mol. The molecule has 2 aliphatic heterocycles. The van der Waals surface area contributed by atoms with E-state index in [1.165, 1.54) is 6.07 Å². The molecule has 0 aromatic heterocycles. The van der Waals surface area contributed by atoms with Gasteiger partial charge in [-0.2, -0.15) is 4.57 Å². The van der Waals surface area contributed by atoms with E-state index in [-0.39, 0.29) is 34.6 Å². The molecular formula is C12H12ClO7P. The van der Waals surface area contributed by atoms with Crippen LogP contribution in [0.2, 0.25) is 5.02 Å². The molecule has 0 saturated heterocycles. The summed E-state index contributed by atoms with van der Waals surface area (Å²) in [6.45, 7) is 5.01. The van der Waals surface area contributed by atoms with Crippen molar-refractivity contribution in [3.05, 3.63) is 11.1 Å². The lowest BCUT2D eigenvalue weighted by Gasteiger charge is -2.24. The molecule has 2 aliphatic rings. The first kappa shape index (κ1) is 14.4. The highest BCUT2D eigenvalue weighted by atomic mass is 35.5. The second-order valence-electron chi connectivity index (χ2n) is 4.90. The predicted molar refractivity (Wildman–Crippen MR) is 72.3 cm³/mol. The Morgan fingerprint density at radius 3 is 2.67 bits per heavy atom. The topological polar surface area (TPSA) is 80.3 Å². The SMILES string of the molecule is CCOC(=O)C(C)(C)Oc1cc2c(Cl)c3c1OP(=O)(O2)O3.